The summed E-state index contributed by atoms with van der Waals surface area (Å²) in [7, 11) is 0. The van der Waals surface area contributed by atoms with Gasteiger partial charge in [0.1, 0.15) is 5.82 Å². The smallest absolute Gasteiger partial charge is 0.210 e. The predicted molar refractivity (Wildman–Crippen MR) is 134 cm³/mol. The first kappa shape index (κ1) is 21.7. The van der Waals surface area contributed by atoms with Crippen LogP contribution in [0.3, 0.4) is 0 Å². The van der Waals surface area contributed by atoms with Gasteiger partial charge in [-0.2, -0.15) is 5.10 Å². The number of benzene rings is 2. The van der Waals surface area contributed by atoms with Gasteiger partial charge in [-0.25, -0.2) is 4.99 Å². The number of aliphatic imine (C=N–C) groups is 1. The monoisotopic (exact) mass is 461 g/mol. The fourth-order valence-electron chi connectivity index (χ4n) is 4.27. The highest BCUT2D eigenvalue weighted by Gasteiger charge is 2.32. The van der Waals surface area contributed by atoms with Crippen molar-refractivity contribution in [2.24, 2.45) is 10.7 Å². The van der Waals surface area contributed by atoms with E-state index >= 15 is 0 Å². The summed E-state index contributed by atoms with van der Waals surface area (Å²) in [6.45, 7) is 4.89. The summed E-state index contributed by atoms with van der Waals surface area (Å²) in [6, 6.07) is 14.0. The van der Waals surface area contributed by atoms with Gasteiger partial charge in [0.25, 0.3) is 0 Å². The predicted octanol–water partition coefficient (Wildman–Crippen LogP) is 3.82. The quantitative estimate of drug-likeness (QED) is 0.448. The van der Waals surface area contributed by atoms with Crippen molar-refractivity contribution in [3.8, 4) is 0 Å². The van der Waals surface area contributed by atoms with Crippen LogP contribution in [0.25, 0.3) is 5.57 Å². The number of hydrogen-bond acceptors (Lipinski definition) is 6. The molecule has 3 heterocycles. The third-order valence-corrected chi connectivity index (χ3v) is 6.24. The van der Waals surface area contributed by atoms with Gasteiger partial charge in [0.2, 0.25) is 5.79 Å². The van der Waals surface area contributed by atoms with Gasteiger partial charge in [0.05, 0.1) is 6.20 Å². The number of nitrogens with zero attached hydrogens (tertiary/aromatic N) is 3. The molecule has 0 amide bonds. The molecule has 8 heteroatoms. The molecule has 1 aromatic heterocycles. The minimum absolute atomic E-state index is 0.613. The average molecular weight is 462 g/mol. The third-order valence-electron chi connectivity index (χ3n) is 6.01. The minimum atomic E-state index is -1.15. The lowest BCUT2D eigenvalue weighted by atomic mass is 10.00. The van der Waals surface area contributed by atoms with E-state index in [2.05, 4.69) is 51.2 Å². The molecule has 5 N–H and O–H groups in total. The number of rotatable bonds is 6. The number of fused-ring (bicyclic) bond motifs is 1. The van der Waals surface area contributed by atoms with Gasteiger partial charge in [-0.15, -0.1) is 0 Å². The van der Waals surface area contributed by atoms with E-state index in [1.807, 2.05) is 47.6 Å². The van der Waals surface area contributed by atoms with E-state index in [1.54, 1.807) is 0 Å². The zero-order chi connectivity index (χ0) is 22.8. The summed E-state index contributed by atoms with van der Waals surface area (Å²) in [6.07, 6.45) is 7.77. The Morgan fingerprint density at radius 3 is 2.97 bits per heavy atom. The van der Waals surface area contributed by atoms with Crippen LogP contribution in [0, 0.1) is 0 Å². The highest BCUT2D eigenvalue weighted by atomic mass is 35.5. The normalized spacial score (nSPS) is 19.8. The summed E-state index contributed by atoms with van der Waals surface area (Å²) in [5.41, 5.74) is 13.1. The van der Waals surface area contributed by atoms with Crippen LogP contribution in [-0.2, 0) is 25.3 Å². The molecule has 0 radical (unpaired) electrons. The van der Waals surface area contributed by atoms with Gasteiger partial charge < -0.3 is 16.0 Å². The van der Waals surface area contributed by atoms with E-state index in [1.165, 1.54) is 11.1 Å². The molecule has 1 unspecified atom stereocenters. The lowest BCUT2D eigenvalue weighted by Gasteiger charge is -2.34. The zero-order valence-corrected chi connectivity index (χ0v) is 19.4. The largest absolute Gasteiger partial charge is 0.341 e. The van der Waals surface area contributed by atoms with Crippen molar-refractivity contribution in [2.45, 2.75) is 38.6 Å². The Labute approximate surface area is 198 Å². The first-order chi connectivity index (χ1) is 16.0. The molecule has 0 spiro atoms. The Kier molecular flexibility index (Phi) is 5.93. The van der Waals surface area contributed by atoms with E-state index in [4.69, 9.17) is 17.3 Å². The fraction of sp³-hybridized carbons (Fsp3) is 0.280. The van der Waals surface area contributed by atoms with Gasteiger partial charge in [-0.1, -0.05) is 36.7 Å². The standard InChI is InChI=1S/C25H28ClN7/c1-2-10-33-16-19(14-30-33)23-15-29-25(27,20-4-3-5-21(26)12-20)32-24(23)31-22-7-6-17-8-9-28-13-18(17)11-22/h3-7,11-12,14-16,28,31-32H,2,8-10,13,27H2,1H3. The lowest BCUT2D eigenvalue weighted by Crippen LogP contribution is -2.51. The highest BCUT2D eigenvalue weighted by Crippen LogP contribution is 2.30. The van der Waals surface area contributed by atoms with Crippen LogP contribution in [0.4, 0.5) is 5.69 Å². The topological polar surface area (TPSA) is 92.3 Å². The van der Waals surface area contributed by atoms with Crippen LogP contribution in [0.1, 0.15) is 35.6 Å². The Morgan fingerprint density at radius 2 is 2.12 bits per heavy atom. The molecule has 0 saturated carbocycles. The lowest BCUT2D eigenvalue weighted by molar-refractivity contribution is 0.400. The number of nitrogens with one attached hydrogen (secondary N) is 3. The van der Waals surface area contributed by atoms with Crippen LogP contribution in [0.15, 0.2) is 65.7 Å². The molecule has 170 valence electrons. The molecular weight excluding hydrogens is 434 g/mol. The van der Waals surface area contributed by atoms with Gasteiger partial charge in [-0.05, 0) is 54.8 Å². The molecule has 2 aliphatic heterocycles. The zero-order valence-electron chi connectivity index (χ0n) is 18.6. The van der Waals surface area contributed by atoms with E-state index in [0.717, 1.165) is 60.7 Å². The summed E-state index contributed by atoms with van der Waals surface area (Å²) in [5, 5.41) is 15.5. The second kappa shape index (κ2) is 9.02. The highest BCUT2D eigenvalue weighted by molar-refractivity contribution is 6.30. The number of anilines is 1. The Bertz CT molecular complexity index is 1230. The van der Waals surface area contributed by atoms with Gasteiger partial charge in [0.15, 0.2) is 0 Å². The molecule has 3 aromatic rings. The first-order valence-electron chi connectivity index (χ1n) is 11.3. The molecule has 0 fully saturated rings. The van der Waals surface area contributed by atoms with Crippen LogP contribution >= 0.6 is 11.6 Å². The van der Waals surface area contributed by atoms with Crippen molar-refractivity contribution < 1.29 is 0 Å². The van der Waals surface area contributed by atoms with Crippen molar-refractivity contribution in [1.29, 1.82) is 0 Å². The molecule has 33 heavy (non-hydrogen) atoms. The summed E-state index contributed by atoms with van der Waals surface area (Å²) in [5.74, 6) is -0.376. The first-order valence-corrected chi connectivity index (χ1v) is 11.7. The minimum Gasteiger partial charge on any atom is -0.341 e. The third kappa shape index (κ3) is 4.53. The SMILES string of the molecule is CCCn1cc(C2=C(Nc3ccc4c(c3)CNCC4)NC(N)(c3cccc(Cl)c3)N=C2)cn1. The van der Waals surface area contributed by atoms with Crippen LogP contribution in [-0.4, -0.2) is 22.5 Å². The van der Waals surface area contributed by atoms with Gasteiger partial charge in [0, 0.05) is 52.9 Å². The number of hydrogen-bond donors (Lipinski definition) is 4. The molecule has 7 nitrogen and oxygen atoms in total. The van der Waals surface area contributed by atoms with E-state index in [0.29, 0.717) is 5.02 Å². The van der Waals surface area contributed by atoms with Crippen molar-refractivity contribution in [3.05, 3.63) is 88.0 Å². The second-order valence-electron chi connectivity index (χ2n) is 8.48. The van der Waals surface area contributed by atoms with E-state index < -0.39 is 5.79 Å². The maximum absolute atomic E-state index is 6.72. The van der Waals surface area contributed by atoms with Crippen molar-refractivity contribution >= 4 is 29.1 Å². The fourth-order valence-corrected chi connectivity index (χ4v) is 4.46. The summed E-state index contributed by atoms with van der Waals surface area (Å²) in [4.78, 5) is 4.69. The molecule has 5 rings (SSSR count). The van der Waals surface area contributed by atoms with Crippen molar-refractivity contribution in [3.63, 3.8) is 0 Å². The van der Waals surface area contributed by atoms with Crippen LogP contribution in [0.5, 0.6) is 0 Å². The van der Waals surface area contributed by atoms with Gasteiger partial charge >= 0.3 is 0 Å². The van der Waals surface area contributed by atoms with Crippen molar-refractivity contribution in [1.82, 2.24) is 20.4 Å². The number of aryl methyl sites for hydroxylation is 1. The van der Waals surface area contributed by atoms with Crippen molar-refractivity contribution in [2.75, 3.05) is 11.9 Å². The molecular formula is C25H28ClN7. The maximum Gasteiger partial charge on any atom is 0.210 e. The van der Waals surface area contributed by atoms with Crippen LogP contribution < -0.4 is 21.7 Å². The van der Waals surface area contributed by atoms with E-state index in [-0.39, 0.29) is 0 Å². The second-order valence-corrected chi connectivity index (χ2v) is 8.91. The van der Waals surface area contributed by atoms with E-state index in [9.17, 15) is 0 Å². The molecule has 0 saturated heterocycles. The maximum atomic E-state index is 6.72. The molecule has 1 atom stereocenters. The average Bonchev–Trinajstić information content (AvgIpc) is 3.28. The summed E-state index contributed by atoms with van der Waals surface area (Å²) >= 11 is 6.24. The Morgan fingerprint density at radius 1 is 1.21 bits per heavy atom. The molecule has 2 aliphatic rings. The Balaban J connectivity index is 1.52. The van der Waals surface area contributed by atoms with Crippen LogP contribution in [0.2, 0.25) is 5.02 Å². The Hall–Kier alpha value is -3.13. The van der Waals surface area contributed by atoms with Gasteiger partial charge in [-0.3, -0.25) is 10.4 Å². The number of halogens is 1. The summed E-state index contributed by atoms with van der Waals surface area (Å²) < 4.78 is 1.94. The molecule has 0 aliphatic carbocycles. The number of allylic oxidation sites excluding steroid dienone is 1. The molecule has 0 bridgehead atoms. The molecule has 2 aromatic carbocycles. The number of aromatic nitrogens is 2. The number of nitrogens with two attached hydrogens (primary N) is 1.